The zero-order chi connectivity index (χ0) is 55.7. The fraction of sp³-hybridized carbons (Fsp3) is 0.591. The first-order valence-corrected chi connectivity index (χ1v) is 24.4. The Bertz CT molecular complexity index is 2330. The molecular formula is C44H64FN9O18S. The number of aliphatic carboxylic acids is 3. The highest BCUT2D eigenvalue weighted by molar-refractivity contribution is 7.86. The summed E-state index contributed by atoms with van der Waals surface area (Å²) in [6.07, 6.45) is -4.52. The average molecular weight is 1060 g/mol. The highest BCUT2D eigenvalue weighted by atomic mass is 32.3. The topological polar surface area (TPSA) is 411 Å². The maximum Gasteiger partial charge on any atom is 0.332 e. The number of carboxylic acid groups (broad SMARTS) is 3. The van der Waals surface area contributed by atoms with Crippen LogP contribution in [0.1, 0.15) is 104 Å². The molecule has 2 rings (SSSR count). The van der Waals surface area contributed by atoms with Crippen molar-refractivity contribution in [1.82, 2.24) is 47.2 Å². The van der Waals surface area contributed by atoms with Crippen LogP contribution in [0.4, 0.5) is 3.89 Å². The third-order valence-corrected chi connectivity index (χ3v) is 11.9. The van der Waals surface area contributed by atoms with E-state index >= 15 is 0 Å². The number of aliphatic hydroxyl groups excluding tert-OH is 1. The first kappa shape index (κ1) is 61.8. The van der Waals surface area contributed by atoms with E-state index in [2.05, 4.69) is 37.3 Å². The molecule has 1 aromatic rings. The van der Waals surface area contributed by atoms with E-state index in [1.54, 1.807) is 20.8 Å². The van der Waals surface area contributed by atoms with Crippen LogP contribution < -0.4 is 37.3 Å². The molecule has 0 unspecified atom stereocenters. The van der Waals surface area contributed by atoms with Gasteiger partial charge in [-0.2, -0.15) is 8.42 Å². The second-order valence-corrected chi connectivity index (χ2v) is 19.1. The second-order valence-electron chi connectivity index (χ2n) is 17.8. The average Bonchev–Trinajstić information content (AvgIpc) is 3.78. The normalized spacial score (nSPS) is 16.3. The molecule has 1 saturated heterocycles. The van der Waals surface area contributed by atoms with Gasteiger partial charge in [-0.3, -0.25) is 63.0 Å². The Morgan fingerprint density at radius 1 is 0.685 bits per heavy atom. The van der Waals surface area contributed by atoms with Gasteiger partial charge in [-0.15, -0.1) is 3.89 Å². The van der Waals surface area contributed by atoms with Crippen LogP contribution in [0.15, 0.2) is 29.2 Å². The van der Waals surface area contributed by atoms with Gasteiger partial charge in [-0.25, -0.2) is 5.01 Å². The van der Waals surface area contributed by atoms with E-state index in [0.717, 1.165) is 43.1 Å². The molecule has 0 spiro atoms. The van der Waals surface area contributed by atoms with Crippen molar-refractivity contribution in [1.29, 1.82) is 0 Å². The standard InChI is InChI=1S/C44H64FN9O18S/c1-8-17-54(43(69)25-11-13-26(14-12-25)73(45,71)72)52-40(66)30-10-9-18-53(30)44(70)35(22(4)5)50-41(67)34(21(2)3)49-39(65)29(20-33(61)62)48-37(63)27(15-16-31(57)58)47-42(68)36(23(6)55)51-38(64)28(19-32(59)60)46-24(7)56/h11-14,21-23,27-30,34-36,55H,8-10,15-20H2,1-7H3,(H,46,56)(H,47,68)(H,48,63)(H,49,65)(H,50,67)(H,51,64)(H,52,66)(H,57,58)(H,59,60)(H,61,62)/t23-,27+,28+,29+,30+,34+,35+,36+/m1/s1. The molecule has 9 amide bonds. The lowest BCUT2D eigenvalue weighted by atomic mass is 9.98. The molecule has 11 N–H and O–H groups in total. The SMILES string of the molecule is CCCN(NC(=O)[C@@H]1CCCN1C(=O)[C@@H](NC(=O)[C@@H](NC(=O)[C@H](CC(=O)O)NC(=O)[C@H](CCC(=O)O)NC(=O)[C@@H](NC(=O)[C@H](CC(=O)O)NC(C)=O)[C@@H](C)O)C(C)C)C(C)C)C(=O)c1ccc(S(=O)(=O)F)cc1. The van der Waals surface area contributed by atoms with Gasteiger partial charge in [0, 0.05) is 32.0 Å². The summed E-state index contributed by atoms with van der Waals surface area (Å²) in [4.78, 5) is 156. The van der Waals surface area contributed by atoms with E-state index in [0.29, 0.717) is 12.8 Å². The van der Waals surface area contributed by atoms with Crippen LogP contribution in [-0.4, -0.2) is 171 Å². The largest absolute Gasteiger partial charge is 0.481 e. The zero-order valence-electron chi connectivity index (χ0n) is 41.1. The minimum absolute atomic E-state index is 0.0201. The summed E-state index contributed by atoms with van der Waals surface area (Å²) in [6, 6.07) is -7.71. The van der Waals surface area contributed by atoms with Crippen molar-refractivity contribution in [3.8, 4) is 0 Å². The number of hydrazine groups is 1. The van der Waals surface area contributed by atoms with E-state index in [1.165, 1.54) is 18.7 Å². The quantitative estimate of drug-likeness (QED) is 0.0325. The van der Waals surface area contributed by atoms with Gasteiger partial charge >= 0.3 is 28.1 Å². The molecule has 1 fully saturated rings. The number of halogens is 1. The summed E-state index contributed by atoms with van der Waals surface area (Å²) in [7, 11) is -5.05. The maximum atomic E-state index is 14.2. The third kappa shape index (κ3) is 19.3. The molecule has 0 aromatic heterocycles. The van der Waals surface area contributed by atoms with Crippen LogP contribution in [0.25, 0.3) is 0 Å². The minimum atomic E-state index is -5.05. The van der Waals surface area contributed by atoms with Crippen molar-refractivity contribution in [3.05, 3.63) is 29.8 Å². The second kappa shape index (κ2) is 28.1. The number of carboxylic acids is 3. The fourth-order valence-electron chi connectivity index (χ4n) is 7.33. The Morgan fingerprint density at radius 3 is 1.63 bits per heavy atom. The van der Waals surface area contributed by atoms with Crippen LogP contribution in [0.2, 0.25) is 0 Å². The van der Waals surface area contributed by atoms with Gasteiger partial charge in [0.15, 0.2) is 0 Å². The number of benzene rings is 1. The minimum Gasteiger partial charge on any atom is -0.481 e. The van der Waals surface area contributed by atoms with E-state index in [-0.39, 0.29) is 25.1 Å². The highest BCUT2D eigenvalue weighted by Crippen LogP contribution is 2.22. The van der Waals surface area contributed by atoms with Gasteiger partial charge in [0.05, 0.1) is 23.8 Å². The molecule has 1 heterocycles. The Balaban J connectivity index is 2.33. The summed E-state index contributed by atoms with van der Waals surface area (Å²) in [5.74, 6) is -15.3. The van der Waals surface area contributed by atoms with Crippen molar-refractivity contribution in [2.45, 2.75) is 147 Å². The summed E-state index contributed by atoms with van der Waals surface area (Å²) < 4.78 is 36.0. The van der Waals surface area contributed by atoms with Crippen molar-refractivity contribution in [2.75, 3.05) is 13.1 Å². The number of hydrogen-bond acceptors (Lipinski definition) is 15. The van der Waals surface area contributed by atoms with Crippen LogP contribution in [0, 0.1) is 11.8 Å². The molecule has 8 atom stereocenters. The number of aliphatic hydroxyl groups is 1. The van der Waals surface area contributed by atoms with Gasteiger partial charge < -0.3 is 57.2 Å². The van der Waals surface area contributed by atoms with E-state index < -0.39 is 172 Å². The maximum absolute atomic E-state index is 14.2. The van der Waals surface area contributed by atoms with Crippen molar-refractivity contribution in [3.63, 3.8) is 0 Å². The van der Waals surface area contributed by atoms with Crippen molar-refractivity contribution >= 4 is 81.3 Å². The molecular weight excluding hydrogens is 994 g/mol. The van der Waals surface area contributed by atoms with Crippen LogP contribution in [0.3, 0.4) is 0 Å². The van der Waals surface area contributed by atoms with Crippen LogP contribution in [0.5, 0.6) is 0 Å². The lowest BCUT2D eigenvalue weighted by Gasteiger charge is -2.33. The fourth-order valence-corrected chi connectivity index (χ4v) is 7.79. The van der Waals surface area contributed by atoms with Crippen molar-refractivity contribution in [2.24, 2.45) is 11.8 Å². The Labute approximate surface area is 419 Å². The number of nitrogens with one attached hydrogen (secondary N) is 7. The molecule has 0 saturated carbocycles. The zero-order valence-corrected chi connectivity index (χ0v) is 41.9. The summed E-state index contributed by atoms with van der Waals surface area (Å²) in [5, 5.41) is 52.9. The molecule has 29 heteroatoms. The number of nitrogens with zero attached hydrogens (tertiary/aromatic N) is 2. The first-order valence-electron chi connectivity index (χ1n) is 23.0. The first-order chi connectivity index (χ1) is 33.9. The molecule has 0 aliphatic carbocycles. The molecule has 73 heavy (non-hydrogen) atoms. The van der Waals surface area contributed by atoms with Gasteiger partial charge in [0.1, 0.15) is 42.3 Å². The predicted octanol–water partition coefficient (Wildman–Crippen LogP) is -2.35. The molecule has 406 valence electrons. The molecule has 0 bridgehead atoms. The number of amides is 9. The van der Waals surface area contributed by atoms with E-state index in [9.17, 15) is 90.3 Å². The van der Waals surface area contributed by atoms with E-state index in [1.807, 2.05) is 0 Å². The van der Waals surface area contributed by atoms with Crippen molar-refractivity contribution < 1.29 is 90.3 Å². The Morgan fingerprint density at radius 2 is 1.16 bits per heavy atom. The van der Waals surface area contributed by atoms with Crippen LogP contribution in [-0.2, 0) is 63.0 Å². The molecule has 1 aliphatic rings. The predicted molar refractivity (Wildman–Crippen MR) is 249 cm³/mol. The molecule has 1 aromatic carbocycles. The Hall–Kier alpha value is -7.30. The lowest BCUT2D eigenvalue weighted by molar-refractivity contribution is -0.144. The van der Waals surface area contributed by atoms with Gasteiger partial charge in [-0.1, -0.05) is 34.6 Å². The summed E-state index contributed by atoms with van der Waals surface area (Å²) in [6.45, 7) is 9.85. The lowest BCUT2D eigenvalue weighted by Crippen LogP contribution is -2.62. The smallest absolute Gasteiger partial charge is 0.332 e. The van der Waals surface area contributed by atoms with Crippen LogP contribution >= 0.6 is 0 Å². The number of hydrogen-bond donors (Lipinski definition) is 11. The highest BCUT2D eigenvalue weighted by Gasteiger charge is 2.41. The number of carbonyl (C=O) groups excluding carboxylic acids is 9. The summed E-state index contributed by atoms with van der Waals surface area (Å²) in [5.41, 5.74) is 2.41. The van der Waals surface area contributed by atoms with Gasteiger partial charge in [0.25, 0.3) is 11.8 Å². The molecule has 0 radical (unpaired) electrons. The molecule has 1 aliphatic heterocycles. The van der Waals surface area contributed by atoms with Gasteiger partial charge in [-0.05, 0) is 68.7 Å². The monoisotopic (exact) mass is 1060 g/mol. The number of likely N-dealkylation sites (tertiary alicyclic amines) is 1. The van der Waals surface area contributed by atoms with E-state index in [4.69, 9.17) is 0 Å². The molecule has 27 nitrogen and oxygen atoms in total. The number of carbonyl (C=O) groups is 12. The third-order valence-electron chi connectivity index (χ3n) is 11.1. The van der Waals surface area contributed by atoms with Gasteiger partial charge in [0.2, 0.25) is 41.4 Å². The number of rotatable bonds is 27. The Kier molecular flexibility index (Phi) is 23.8. The summed E-state index contributed by atoms with van der Waals surface area (Å²) >= 11 is 0.